The Morgan fingerprint density at radius 2 is 2.33 bits per heavy atom. The second kappa shape index (κ2) is 5.94. The quantitative estimate of drug-likeness (QED) is 0.883. The van der Waals surface area contributed by atoms with E-state index >= 15 is 0 Å². The molecule has 96 valence electrons. The van der Waals surface area contributed by atoms with Crippen LogP contribution in [0.1, 0.15) is 24.5 Å². The molecule has 2 rings (SSSR count). The van der Waals surface area contributed by atoms with E-state index in [0.717, 1.165) is 31.6 Å². The van der Waals surface area contributed by atoms with Crippen molar-refractivity contribution in [3.63, 3.8) is 0 Å². The molecule has 1 atom stereocenters. The van der Waals surface area contributed by atoms with Gasteiger partial charge in [-0.3, -0.25) is 4.90 Å². The summed E-state index contributed by atoms with van der Waals surface area (Å²) in [5.74, 6) is -0.329. The molecule has 18 heavy (non-hydrogen) atoms. The normalized spacial score (nSPS) is 19.1. The number of nitrogens with one attached hydrogen (secondary N) is 1. The van der Waals surface area contributed by atoms with Gasteiger partial charge in [0.1, 0.15) is 5.82 Å². The fourth-order valence-electron chi connectivity index (χ4n) is 2.49. The van der Waals surface area contributed by atoms with Gasteiger partial charge >= 0.3 is 0 Å². The predicted molar refractivity (Wildman–Crippen MR) is 68.5 cm³/mol. The summed E-state index contributed by atoms with van der Waals surface area (Å²) in [5.41, 5.74) is 1.27. The van der Waals surface area contributed by atoms with E-state index in [4.69, 9.17) is 5.26 Å². The van der Waals surface area contributed by atoms with Crippen LogP contribution in [0.3, 0.4) is 0 Å². The zero-order chi connectivity index (χ0) is 13.0. The third-order valence-corrected chi connectivity index (χ3v) is 3.43. The van der Waals surface area contributed by atoms with Crippen LogP contribution in [0.2, 0.25) is 0 Å². The van der Waals surface area contributed by atoms with Gasteiger partial charge in [0, 0.05) is 19.1 Å². The van der Waals surface area contributed by atoms with Crippen LogP contribution in [-0.2, 0) is 6.54 Å². The van der Waals surface area contributed by atoms with E-state index in [2.05, 4.69) is 17.1 Å². The summed E-state index contributed by atoms with van der Waals surface area (Å²) in [6, 6.07) is 7.08. The van der Waals surface area contributed by atoms with Gasteiger partial charge in [0.25, 0.3) is 0 Å². The van der Waals surface area contributed by atoms with Crippen LogP contribution < -0.4 is 5.32 Å². The average Bonchev–Trinajstić information content (AvgIpc) is 2.89. The SMILES string of the molecule is CCN(Cc1cc(F)cc(C#N)c1)C1CCNC1. The smallest absolute Gasteiger partial charge is 0.124 e. The third-order valence-electron chi connectivity index (χ3n) is 3.43. The Bertz CT molecular complexity index is 447. The number of nitrogens with zero attached hydrogens (tertiary/aromatic N) is 2. The highest BCUT2D eigenvalue weighted by atomic mass is 19.1. The van der Waals surface area contributed by atoms with Crippen LogP contribution in [0.4, 0.5) is 4.39 Å². The highest BCUT2D eigenvalue weighted by molar-refractivity contribution is 5.33. The topological polar surface area (TPSA) is 39.1 Å². The maximum absolute atomic E-state index is 13.4. The number of benzene rings is 1. The van der Waals surface area contributed by atoms with Crippen molar-refractivity contribution >= 4 is 0 Å². The first-order valence-electron chi connectivity index (χ1n) is 6.37. The summed E-state index contributed by atoms with van der Waals surface area (Å²) in [4.78, 5) is 2.33. The van der Waals surface area contributed by atoms with Crippen LogP contribution in [0.5, 0.6) is 0 Å². The number of rotatable bonds is 4. The van der Waals surface area contributed by atoms with Crippen molar-refractivity contribution in [1.82, 2.24) is 10.2 Å². The van der Waals surface area contributed by atoms with Gasteiger partial charge in [0.2, 0.25) is 0 Å². The van der Waals surface area contributed by atoms with Gasteiger partial charge in [0.05, 0.1) is 11.6 Å². The number of likely N-dealkylation sites (N-methyl/N-ethyl adjacent to an activating group) is 1. The van der Waals surface area contributed by atoms with Gasteiger partial charge in [-0.15, -0.1) is 0 Å². The average molecular weight is 247 g/mol. The van der Waals surface area contributed by atoms with Gasteiger partial charge in [0.15, 0.2) is 0 Å². The van der Waals surface area contributed by atoms with Crippen molar-refractivity contribution in [3.05, 3.63) is 35.1 Å². The lowest BCUT2D eigenvalue weighted by atomic mass is 10.1. The van der Waals surface area contributed by atoms with E-state index in [0.29, 0.717) is 18.2 Å². The minimum Gasteiger partial charge on any atom is -0.315 e. The number of hydrogen-bond acceptors (Lipinski definition) is 3. The molecule has 0 aromatic heterocycles. The molecule has 4 heteroatoms. The highest BCUT2D eigenvalue weighted by Crippen LogP contribution is 2.15. The molecule has 0 spiro atoms. The lowest BCUT2D eigenvalue weighted by molar-refractivity contribution is 0.210. The monoisotopic (exact) mass is 247 g/mol. The van der Waals surface area contributed by atoms with Crippen molar-refractivity contribution < 1.29 is 4.39 Å². The van der Waals surface area contributed by atoms with E-state index in [1.54, 1.807) is 6.07 Å². The molecule has 0 saturated carbocycles. The Balaban J connectivity index is 2.11. The lowest BCUT2D eigenvalue weighted by Gasteiger charge is -2.26. The van der Waals surface area contributed by atoms with Gasteiger partial charge in [-0.05, 0) is 43.3 Å². The van der Waals surface area contributed by atoms with Crippen LogP contribution >= 0.6 is 0 Å². The molecule has 1 unspecified atom stereocenters. The standard InChI is InChI=1S/C14H18FN3/c1-2-18(14-3-4-17-9-14)10-12-5-11(8-16)6-13(15)7-12/h5-7,14,17H,2-4,9-10H2,1H3. The summed E-state index contributed by atoms with van der Waals surface area (Å²) in [6.07, 6.45) is 1.13. The van der Waals surface area contributed by atoms with E-state index < -0.39 is 0 Å². The van der Waals surface area contributed by atoms with Gasteiger partial charge in [-0.25, -0.2) is 4.39 Å². The third kappa shape index (κ3) is 3.06. The molecule has 0 radical (unpaired) electrons. The molecular formula is C14H18FN3. The van der Waals surface area contributed by atoms with E-state index in [9.17, 15) is 4.39 Å². The number of nitriles is 1. The van der Waals surface area contributed by atoms with E-state index in [1.807, 2.05) is 6.07 Å². The molecule has 1 aromatic carbocycles. The fraction of sp³-hybridized carbons (Fsp3) is 0.500. The van der Waals surface area contributed by atoms with Crippen molar-refractivity contribution in [3.8, 4) is 6.07 Å². The Hall–Kier alpha value is -1.44. The number of hydrogen-bond donors (Lipinski definition) is 1. The molecule has 1 aliphatic heterocycles. The number of halogens is 1. The molecule has 3 nitrogen and oxygen atoms in total. The van der Waals surface area contributed by atoms with E-state index in [-0.39, 0.29) is 5.82 Å². The fourth-order valence-corrected chi connectivity index (χ4v) is 2.49. The predicted octanol–water partition coefficient (Wildman–Crippen LogP) is 1.88. The van der Waals surface area contributed by atoms with Gasteiger partial charge in [-0.1, -0.05) is 6.92 Å². The highest BCUT2D eigenvalue weighted by Gasteiger charge is 2.21. The van der Waals surface area contributed by atoms with Crippen molar-refractivity contribution in [2.24, 2.45) is 0 Å². The summed E-state index contributed by atoms with van der Waals surface area (Å²) >= 11 is 0. The van der Waals surface area contributed by atoms with Gasteiger partial charge in [-0.2, -0.15) is 5.26 Å². The maximum Gasteiger partial charge on any atom is 0.124 e. The molecule has 0 bridgehead atoms. The molecule has 1 aliphatic rings. The van der Waals surface area contributed by atoms with Crippen molar-refractivity contribution in [1.29, 1.82) is 5.26 Å². The first-order chi connectivity index (χ1) is 8.72. The summed E-state index contributed by atoms with van der Waals surface area (Å²) < 4.78 is 13.4. The maximum atomic E-state index is 13.4. The molecule has 0 amide bonds. The molecule has 1 fully saturated rings. The summed E-state index contributed by atoms with van der Waals surface area (Å²) in [6.45, 7) is 5.80. The Kier molecular flexibility index (Phi) is 4.29. The zero-order valence-electron chi connectivity index (χ0n) is 10.6. The molecule has 1 N–H and O–H groups in total. The van der Waals surface area contributed by atoms with Crippen LogP contribution in [-0.4, -0.2) is 30.6 Å². The Morgan fingerprint density at radius 1 is 1.50 bits per heavy atom. The molecule has 0 aliphatic carbocycles. The Labute approximate surface area is 107 Å². The second-order valence-corrected chi connectivity index (χ2v) is 4.67. The summed E-state index contributed by atoms with van der Waals surface area (Å²) in [5, 5.41) is 12.2. The largest absolute Gasteiger partial charge is 0.315 e. The van der Waals surface area contributed by atoms with E-state index in [1.165, 1.54) is 12.1 Å². The zero-order valence-corrected chi connectivity index (χ0v) is 10.6. The molecular weight excluding hydrogens is 229 g/mol. The molecule has 1 saturated heterocycles. The minimum atomic E-state index is -0.329. The van der Waals surface area contributed by atoms with Crippen LogP contribution in [0.25, 0.3) is 0 Å². The van der Waals surface area contributed by atoms with Crippen LogP contribution in [0, 0.1) is 17.1 Å². The molecule has 1 heterocycles. The van der Waals surface area contributed by atoms with Crippen molar-refractivity contribution in [2.45, 2.75) is 25.9 Å². The summed E-state index contributed by atoms with van der Waals surface area (Å²) in [7, 11) is 0. The van der Waals surface area contributed by atoms with Gasteiger partial charge < -0.3 is 5.32 Å². The molecule has 1 aromatic rings. The van der Waals surface area contributed by atoms with Crippen molar-refractivity contribution in [2.75, 3.05) is 19.6 Å². The first-order valence-corrected chi connectivity index (χ1v) is 6.37. The van der Waals surface area contributed by atoms with Crippen LogP contribution in [0.15, 0.2) is 18.2 Å². The first kappa shape index (κ1) is 13.0. The Morgan fingerprint density at radius 3 is 2.94 bits per heavy atom. The second-order valence-electron chi connectivity index (χ2n) is 4.67. The minimum absolute atomic E-state index is 0.329. The lowest BCUT2D eigenvalue weighted by Crippen LogP contribution is -2.36.